The van der Waals surface area contributed by atoms with Crippen LogP contribution in [-0.4, -0.2) is 9.38 Å². The Bertz CT molecular complexity index is 426. The van der Waals surface area contributed by atoms with Crippen molar-refractivity contribution in [1.82, 2.24) is 9.38 Å². The molecule has 0 aliphatic heterocycles. The van der Waals surface area contributed by atoms with Gasteiger partial charge in [-0.3, -0.25) is 0 Å². The Kier molecular flexibility index (Phi) is 1.42. The van der Waals surface area contributed by atoms with Crippen LogP contribution in [0.5, 0.6) is 0 Å². The number of hydrogen-bond acceptors (Lipinski definition) is 1. The highest BCUT2D eigenvalue weighted by Crippen LogP contribution is 2.35. The van der Waals surface area contributed by atoms with Gasteiger partial charge in [0.25, 0.3) is 0 Å². The van der Waals surface area contributed by atoms with Gasteiger partial charge in [0.05, 0.1) is 11.7 Å². The van der Waals surface area contributed by atoms with Gasteiger partial charge in [0.15, 0.2) is 0 Å². The summed E-state index contributed by atoms with van der Waals surface area (Å²) in [5.41, 5.74) is 1.21. The fraction of sp³-hybridized carbons (Fsp3) is 0.364. The molecule has 0 radical (unpaired) electrons. The second-order valence-corrected chi connectivity index (χ2v) is 3.74. The summed E-state index contributed by atoms with van der Waals surface area (Å²) in [5, 5.41) is 0. The zero-order chi connectivity index (χ0) is 8.67. The number of hydrogen-bond donors (Lipinski definition) is 0. The Morgan fingerprint density at radius 2 is 2.23 bits per heavy atom. The van der Waals surface area contributed by atoms with Crippen LogP contribution in [0.1, 0.15) is 31.0 Å². The summed E-state index contributed by atoms with van der Waals surface area (Å²) >= 11 is 0. The summed E-state index contributed by atoms with van der Waals surface area (Å²) in [6.07, 6.45) is 8.07. The van der Waals surface area contributed by atoms with E-state index in [9.17, 15) is 0 Å². The molecular weight excluding hydrogens is 160 g/mol. The molecule has 0 unspecified atom stereocenters. The molecule has 2 heterocycles. The molecule has 0 bridgehead atoms. The molecule has 1 aliphatic rings. The largest absolute Gasteiger partial charge is 0.304 e. The summed E-state index contributed by atoms with van der Waals surface area (Å²) in [6.45, 7) is 0. The van der Waals surface area contributed by atoms with Crippen molar-refractivity contribution in [2.45, 2.75) is 25.2 Å². The topological polar surface area (TPSA) is 17.3 Å². The molecule has 2 aromatic rings. The molecule has 0 amide bonds. The number of imidazole rings is 1. The maximum Gasteiger partial charge on any atom is 0.116 e. The van der Waals surface area contributed by atoms with E-state index in [0.29, 0.717) is 5.92 Å². The van der Waals surface area contributed by atoms with Crippen LogP contribution in [0, 0.1) is 0 Å². The van der Waals surface area contributed by atoms with Crippen LogP contribution in [0.2, 0.25) is 0 Å². The third kappa shape index (κ3) is 0.981. The summed E-state index contributed by atoms with van der Waals surface area (Å²) in [5.74, 6) is 1.96. The van der Waals surface area contributed by atoms with Crippen LogP contribution in [0.3, 0.4) is 0 Å². The molecule has 1 aliphatic carbocycles. The third-order valence-corrected chi connectivity index (χ3v) is 2.94. The number of fused-ring (bicyclic) bond motifs is 1. The van der Waals surface area contributed by atoms with Crippen molar-refractivity contribution in [2.24, 2.45) is 0 Å². The molecule has 1 saturated carbocycles. The third-order valence-electron chi connectivity index (χ3n) is 2.94. The molecule has 2 heteroatoms. The van der Waals surface area contributed by atoms with E-state index in [1.807, 2.05) is 6.20 Å². The van der Waals surface area contributed by atoms with Crippen molar-refractivity contribution < 1.29 is 0 Å². The lowest BCUT2D eigenvalue weighted by Crippen LogP contribution is -2.12. The smallest absolute Gasteiger partial charge is 0.116 e. The van der Waals surface area contributed by atoms with Crippen LogP contribution < -0.4 is 0 Å². The van der Waals surface area contributed by atoms with Crippen molar-refractivity contribution in [3.8, 4) is 0 Å². The molecule has 13 heavy (non-hydrogen) atoms. The Hall–Kier alpha value is -1.31. The highest BCUT2D eigenvalue weighted by atomic mass is 15.0. The lowest BCUT2D eigenvalue weighted by atomic mass is 9.85. The zero-order valence-corrected chi connectivity index (χ0v) is 7.48. The second-order valence-electron chi connectivity index (χ2n) is 3.74. The molecule has 2 aromatic heterocycles. The first-order chi connectivity index (χ1) is 6.45. The second kappa shape index (κ2) is 2.59. The van der Waals surface area contributed by atoms with Crippen LogP contribution in [0.15, 0.2) is 30.6 Å². The Labute approximate surface area is 77.2 Å². The SMILES string of the molecule is c1ccn2c(C3CCC3)ncc2c1. The van der Waals surface area contributed by atoms with Crippen molar-refractivity contribution >= 4 is 5.52 Å². The molecule has 3 rings (SSSR count). The highest BCUT2D eigenvalue weighted by Gasteiger charge is 2.23. The van der Waals surface area contributed by atoms with Gasteiger partial charge in [-0.05, 0) is 25.0 Å². The average molecular weight is 172 g/mol. The maximum atomic E-state index is 4.48. The van der Waals surface area contributed by atoms with Gasteiger partial charge < -0.3 is 4.40 Å². The first-order valence-corrected chi connectivity index (χ1v) is 4.87. The van der Waals surface area contributed by atoms with E-state index < -0.39 is 0 Å². The number of rotatable bonds is 1. The van der Waals surface area contributed by atoms with E-state index in [1.54, 1.807) is 0 Å². The van der Waals surface area contributed by atoms with Crippen LogP contribution in [0.25, 0.3) is 5.52 Å². The fourth-order valence-corrected chi connectivity index (χ4v) is 1.93. The van der Waals surface area contributed by atoms with Crippen molar-refractivity contribution in [3.05, 3.63) is 36.4 Å². The van der Waals surface area contributed by atoms with E-state index in [1.165, 1.54) is 30.6 Å². The summed E-state index contributed by atoms with van der Waals surface area (Å²) < 4.78 is 2.21. The first kappa shape index (κ1) is 7.13. The van der Waals surface area contributed by atoms with Gasteiger partial charge in [0.2, 0.25) is 0 Å². The Morgan fingerprint density at radius 3 is 3.00 bits per heavy atom. The number of aromatic nitrogens is 2. The van der Waals surface area contributed by atoms with Gasteiger partial charge in [-0.25, -0.2) is 4.98 Å². The van der Waals surface area contributed by atoms with Crippen LogP contribution in [-0.2, 0) is 0 Å². The molecule has 66 valence electrons. The van der Waals surface area contributed by atoms with Gasteiger partial charge in [-0.15, -0.1) is 0 Å². The van der Waals surface area contributed by atoms with Gasteiger partial charge in [-0.1, -0.05) is 12.5 Å². The minimum Gasteiger partial charge on any atom is -0.304 e. The van der Waals surface area contributed by atoms with Crippen LogP contribution in [0.4, 0.5) is 0 Å². The first-order valence-electron chi connectivity index (χ1n) is 4.87. The van der Waals surface area contributed by atoms with Crippen LogP contribution >= 0.6 is 0 Å². The molecule has 1 fully saturated rings. The molecule has 0 atom stereocenters. The zero-order valence-electron chi connectivity index (χ0n) is 7.48. The van der Waals surface area contributed by atoms with Crippen molar-refractivity contribution in [2.75, 3.05) is 0 Å². The molecule has 0 saturated heterocycles. The van der Waals surface area contributed by atoms with E-state index in [-0.39, 0.29) is 0 Å². The lowest BCUT2D eigenvalue weighted by Gasteiger charge is -2.23. The summed E-state index contributed by atoms with van der Waals surface area (Å²) in [7, 11) is 0. The summed E-state index contributed by atoms with van der Waals surface area (Å²) in [4.78, 5) is 4.48. The number of nitrogens with zero attached hydrogens (tertiary/aromatic N) is 2. The lowest BCUT2D eigenvalue weighted by molar-refractivity contribution is 0.400. The average Bonchev–Trinajstić information content (AvgIpc) is 2.47. The minimum atomic E-state index is 0.713. The van der Waals surface area contributed by atoms with Gasteiger partial charge in [-0.2, -0.15) is 0 Å². The standard InChI is InChI=1S/C11H12N2/c1-2-7-13-10(6-1)8-12-11(13)9-4-3-5-9/h1-2,6-9H,3-5H2. The monoisotopic (exact) mass is 172 g/mol. The summed E-state index contributed by atoms with van der Waals surface area (Å²) in [6, 6.07) is 6.23. The van der Waals surface area contributed by atoms with E-state index >= 15 is 0 Å². The quantitative estimate of drug-likeness (QED) is 0.646. The normalized spacial score (nSPS) is 17.5. The Balaban J connectivity index is 2.17. The molecule has 2 nitrogen and oxygen atoms in total. The van der Waals surface area contributed by atoms with E-state index in [2.05, 4.69) is 33.8 Å². The predicted molar refractivity (Wildman–Crippen MR) is 51.8 cm³/mol. The van der Waals surface area contributed by atoms with Crippen molar-refractivity contribution in [1.29, 1.82) is 0 Å². The fourth-order valence-electron chi connectivity index (χ4n) is 1.93. The van der Waals surface area contributed by atoms with Gasteiger partial charge in [0, 0.05) is 12.1 Å². The van der Waals surface area contributed by atoms with Gasteiger partial charge in [0.1, 0.15) is 5.82 Å². The highest BCUT2D eigenvalue weighted by molar-refractivity contribution is 5.46. The molecule has 0 aromatic carbocycles. The molecule has 0 spiro atoms. The molecular formula is C11H12N2. The maximum absolute atomic E-state index is 4.48. The van der Waals surface area contributed by atoms with E-state index in [0.717, 1.165) is 0 Å². The molecule has 0 N–H and O–H groups in total. The minimum absolute atomic E-state index is 0.713. The predicted octanol–water partition coefficient (Wildman–Crippen LogP) is 2.60. The van der Waals surface area contributed by atoms with Gasteiger partial charge >= 0.3 is 0 Å². The van der Waals surface area contributed by atoms with Crippen molar-refractivity contribution in [3.63, 3.8) is 0 Å². The number of pyridine rings is 1. The Morgan fingerprint density at radius 1 is 1.31 bits per heavy atom. The van der Waals surface area contributed by atoms with E-state index in [4.69, 9.17) is 0 Å².